The lowest BCUT2D eigenvalue weighted by Gasteiger charge is -2.30. The number of nitrogens with one attached hydrogen (secondary N) is 2. The Labute approximate surface area is 193 Å². The molecular weight excluding hydrogens is 416 g/mol. The summed E-state index contributed by atoms with van der Waals surface area (Å²) in [6.45, 7) is 2.50. The highest BCUT2D eigenvalue weighted by Gasteiger charge is 2.26. The Morgan fingerprint density at radius 3 is 2.70 bits per heavy atom. The highest BCUT2D eigenvalue weighted by molar-refractivity contribution is 5.96. The van der Waals surface area contributed by atoms with Gasteiger partial charge in [0.15, 0.2) is 5.96 Å². The van der Waals surface area contributed by atoms with Crippen LogP contribution in [-0.2, 0) is 6.42 Å². The zero-order valence-corrected chi connectivity index (χ0v) is 18.8. The number of anilines is 1. The molecule has 1 saturated carbocycles. The molecular formula is C24H30N8O. The van der Waals surface area contributed by atoms with Crippen LogP contribution >= 0.6 is 0 Å². The van der Waals surface area contributed by atoms with Crippen LogP contribution in [0.3, 0.4) is 0 Å². The van der Waals surface area contributed by atoms with Gasteiger partial charge in [0.25, 0.3) is 5.91 Å². The van der Waals surface area contributed by atoms with Crippen LogP contribution in [0.25, 0.3) is 10.9 Å². The zero-order chi connectivity index (χ0) is 23.2. The molecule has 33 heavy (non-hydrogen) atoms. The number of nitrogens with zero attached hydrogens (tertiary/aromatic N) is 4. The van der Waals surface area contributed by atoms with Crippen molar-refractivity contribution in [2.75, 3.05) is 11.9 Å². The number of amides is 1. The largest absolute Gasteiger partial charge is 0.370 e. The maximum atomic E-state index is 12.9. The summed E-state index contributed by atoms with van der Waals surface area (Å²) < 4.78 is 0. The Bertz CT molecular complexity index is 1140. The van der Waals surface area contributed by atoms with E-state index in [4.69, 9.17) is 11.5 Å². The van der Waals surface area contributed by atoms with Gasteiger partial charge in [-0.1, -0.05) is 24.5 Å². The first kappa shape index (κ1) is 22.4. The monoisotopic (exact) mass is 446 g/mol. The van der Waals surface area contributed by atoms with Crippen LogP contribution in [0.5, 0.6) is 0 Å². The van der Waals surface area contributed by atoms with E-state index in [1.807, 2.05) is 37.3 Å². The SMILES string of the molecule is Cc1ccc2nc(C(=O)NCCc3ccncc3)nc(N[C@H]3CCCC[C@H]3N=C(N)N)c2c1. The lowest BCUT2D eigenvalue weighted by molar-refractivity contribution is 0.0944. The molecule has 4 rings (SSSR count). The molecule has 0 spiro atoms. The minimum Gasteiger partial charge on any atom is -0.370 e. The van der Waals surface area contributed by atoms with E-state index in [1.165, 1.54) is 0 Å². The lowest BCUT2D eigenvalue weighted by atomic mass is 9.90. The van der Waals surface area contributed by atoms with E-state index < -0.39 is 0 Å². The van der Waals surface area contributed by atoms with Crippen molar-refractivity contribution in [3.05, 3.63) is 59.7 Å². The highest BCUT2D eigenvalue weighted by atomic mass is 16.2. The Balaban J connectivity index is 1.57. The van der Waals surface area contributed by atoms with Gasteiger partial charge in [0.05, 0.1) is 17.6 Å². The fourth-order valence-electron chi connectivity index (χ4n) is 4.20. The van der Waals surface area contributed by atoms with Crippen molar-refractivity contribution in [2.24, 2.45) is 16.5 Å². The van der Waals surface area contributed by atoms with Crippen molar-refractivity contribution >= 4 is 28.6 Å². The van der Waals surface area contributed by atoms with Crippen molar-refractivity contribution in [3.8, 4) is 0 Å². The first-order chi connectivity index (χ1) is 16.0. The van der Waals surface area contributed by atoms with Gasteiger partial charge in [0.2, 0.25) is 5.82 Å². The number of carbonyl (C=O) groups excluding carboxylic acids is 1. The van der Waals surface area contributed by atoms with Crippen LogP contribution in [0.4, 0.5) is 5.82 Å². The smallest absolute Gasteiger partial charge is 0.289 e. The molecule has 9 nitrogen and oxygen atoms in total. The van der Waals surface area contributed by atoms with Crippen LogP contribution in [0.1, 0.15) is 47.4 Å². The second-order valence-electron chi connectivity index (χ2n) is 8.43. The number of aromatic nitrogens is 3. The summed E-state index contributed by atoms with van der Waals surface area (Å²) in [7, 11) is 0. The highest BCUT2D eigenvalue weighted by Crippen LogP contribution is 2.28. The molecule has 0 radical (unpaired) electrons. The van der Waals surface area contributed by atoms with Crippen molar-refractivity contribution in [2.45, 2.75) is 51.1 Å². The molecule has 0 unspecified atom stereocenters. The molecule has 2 atom stereocenters. The molecule has 2 aromatic heterocycles. The van der Waals surface area contributed by atoms with Gasteiger partial charge in [-0.3, -0.25) is 9.78 Å². The van der Waals surface area contributed by atoms with Gasteiger partial charge in [-0.25, -0.2) is 15.0 Å². The zero-order valence-electron chi connectivity index (χ0n) is 18.8. The number of guanidine groups is 1. The predicted molar refractivity (Wildman–Crippen MR) is 130 cm³/mol. The average Bonchev–Trinajstić information content (AvgIpc) is 2.81. The van der Waals surface area contributed by atoms with Crippen molar-refractivity contribution < 1.29 is 4.79 Å². The Hall–Kier alpha value is -3.75. The molecule has 3 aromatic rings. The maximum Gasteiger partial charge on any atom is 0.289 e. The third-order valence-corrected chi connectivity index (χ3v) is 5.87. The van der Waals surface area contributed by atoms with Gasteiger partial charge in [0.1, 0.15) is 5.82 Å². The number of rotatable bonds is 7. The molecule has 0 aliphatic heterocycles. The van der Waals surface area contributed by atoms with Crippen molar-refractivity contribution in [1.82, 2.24) is 20.3 Å². The summed E-state index contributed by atoms with van der Waals surface area (Å²) >= 11 is 0. The average molecular weight is 447 g/mol. The second-order valence-corrected chi connectivity index (χ2v) is 8.43. The van der Waals surface area contributed by atoms with Crippen LogP contribution in [-0.4, -0.2) is 45.4 Å². The standard InChI is InChI=1S/C24H30N8O/c1-15-6-7-18-17(14-15)21(30-19-4-2-3-5-20(19)31-24(25)26)32-22(29-18)23(33)28-13-10-16-8-11-27-12-9-16/h6-9,11-12,14,19-20H,2-5,10,13H2,1H3,(H,28,33)(H4,25,26,31)(H,29,30,32)/t19-,20+/m0/s1. The molecule has 1 aromatic carbocycles. The summed E-state index contributed by atoms with van der Waals surface area (Å²) in [6, 6.07) is 9.78. The molecule has 9 heteroatoms. The molecule has 1 aliphatic carbocycles. The van der Waals surface area contributed by atoms with E-state index in [2.05, 4.69) is 30.6 Å². The number of aliphatic imine (C=N–C) groups is 1. The minimum absolute atomic E-state index is 0.0297. The van der Waals surface area contributed by atoms with Crippen molar-refractivity contribution in [3.63, 3.8) is 0 Å². The summed E-state index contributed by atoms with van der Waals surface area (Å²) in [6.07, 6.45) is 8.17. The van der Waals surface area contributed by atoms with Gasteiger partial charge in [-0.05, 0) is 56.0 Å². The predicted octanol–water partition coefficient (Wildman–Crippen LogP) is 2.30. The van der Waals surface area contributed by atoms with Gasteiger partial charge < -0.3 is 22.1 Å². The first-order valence-corrected chi connectivity index (χ1v) is 11.3. The Kier molecular flexibility index (Phi) is 6.97. The van der Waals surface area contributed by atoms with E-state index >= 15 is 0 Å². The number of carbonyl (C=O) groups is 1. The fraction of sp³-hybridized carbons (Fsp3) is 0.375. The van der Waals surface area contributed by atoms with Crippen LogP contribution in [0.15, 0.2) is 47.7 Å². The van der Waals surface area contributed by atoms with E-state index in [0.717, 1.165) is 42.2 Å². The third-order valence-electron chi connectivity index (χ3n) is 5.87. The molecule has 2 heterocycles. The van der Waals surface area contributed by atoms with Crippen molar-refractivity contribution in [1.29, 1.82) is 0 Å². The Morgan fingerprint density at radius 2 is 1.91 bits per heavy atom. The molecule has 0 bridgehead atoms. The van der Waals surface area contributed by atoms with Crippen LogP contribution in [0.2, 0.25) is 0 Å². The van der Waals surface area contributed by atoms with E-state index in [-0.39, 0.29) is 29.8 Å². The number of nitrogens with two attached hydrogens (primary N) is 2. The lowest BCUT2D eigenvalue weighted by Crippen LogP contribution is -2.38. The molecule has 6 N–H and O–H groups in total. The first-order valence-electron chi connectivity index (χ1n) is 11.3. The number of aryl methyl sites for hydroxylation is 1. The quantitative estimate of drug-likeness (QED) is 0.322. The Morgan fingerprint density at radius 1 is 1.12 bits per heavy atom. The van der Waals surface area contributed by atoms with Crippen LogP contribution in [0, 0.1) is 6.92 Å². The summed E-state index contributed by atoms with van der Waals surface area (Å²) in [5.41, 5.74) is 14.2. The number of hydrogen-bond donors (Lipinski definition) is 4. The van der Waals surface area contributed by atoms with Gasteiger partial charge in [0, 0.05) is 24.3 Å². The summed E-state index contributed by atoms with van der Waals surface area (Å²) in [4.78, 5) is 30.4. The number of fused-ring (bicyclic) bond motifs is 1. The summed E-state index contributed by atoms with van der Waals surface area (Å²) in [5, 5.41) is 7.32. The minimum atomic E-state index is -0.306. The van der Waals surface area contributed by atoms with Gasteiger partial charge in [-0.15, -0.1) is 0 Å². The van der Waals surface area contributed by atoms with Gasteiger partial charge in [-0.2, -0.15) is 0 Å². The number of benzene rings is 1. The number of pyridine rings is 1. The van der Waals surface area contributed by atoms with E-state index in [1.54, 1.807) is 12.4 Å². The topological polar surface area (TPSA) is 144 Å². The fourth-order valence-corrected chi connectivity index (χ4v) is 4.20. The second kappa shape index (κ2) is 10.2. The summed E-state index contributed by atoms with van der Waals surface area (Å²) in [5.74, 6) is 0.550. The van der Waals surface area contributed by atoms with E-state index in [9.17, 15) is 4.79 Å². The number of hydrogen-bond acceptors (Lipinski definition) is 6. The molecule has 172 valence electrons. The normalized spacial score (nSPS) is 18.0. The third kappa shape index (κ3) is 5.74. The van der Waals surface area contributed by atoms with Crippen LogP contribution < -0.4 is 22.1 Å². The molecule has 1 fully saturated rings. The molecule has 1 amide bonds. The molecule has 1 aliphatic rings. The molecule has 0 saturated heterocycles. The van der Waals surface area contributed by atoms with Gasteiger partial charge >= 0.3 is 0 Å². The van der Waals surface area contributed by atoms with E-state index in [0.29, 0.717) is 24.3 Å². The maximum absolute atomic E-state index is 12.9.